The molecule has 1 aromatic carbocycles. The Morgan fingerprint density at radius 1 is 1.38 bits per heavy atom. The molecule has 0 saturated carbocycles. The van der Waals surface area contributed by atoms with Crippen LogP contribution in [-0.2, 0) is 4.79 Å². The average molecular weight is 358 g/mol. The topological polar surface area (TPSA) is 98.5 Å². The minimum Gasteiger partial charge on any atom is -0.493 e. The Hall–Kier alpha value is -3.03. The van der Waals surface area contributed by atoms with Gasteiger partial charge >= 0.3 is 5.97 Å². The Kier molecular flexibility index (Phi) is 5.11. The van der Waals surface area contributed by atoms with Gasteiger partial charge in [0.05, 0.1) is 13.7 Å². The number of ether oxygens (including phenoxy) is 2. The quantitative estimate of drug-likeness (QED) is 0.785. The summed E-state index contributed by atoms with van der Waals surface area (Å²) in [5.74, 6) is 1.14. The maximum absolute atomic E-state index is 11.4. The molecular formula is C18H22N4O4. The fraction of sp³-hybridized carbons (Fsp3) is 0.389. The highest BCUT2D eigenvalue weighted by Crippen LogP contribution is 2.34. The number of nitrogens with one attached hydrogen (secondary N) is 1. The Morgan fingerprint density at radius 3 is 2.88 bits per heavy atom. The van der Waals surface area contributed by atoms with Crippen molar-refractivity contribution in [2.24, 2.45) is 5.92 Å². The van der Waals surface area contributed by atoms with Crippen LogP contribution in [0.5, 0.6) is 11.5 Å². The number of hydrogen-bond donors (Lipinski definition) is 2. The molecule has 2 aromatic rings. The number of allylic oxidation sites excluding steroid dienone is 1. The van der Waals surface area contributed by atoms with E-state index in [1.54, 1.807) is 17.9 Å². The molecule has 0 fully saturated rings. The zero-order valence-electron chi connectivity index (χ0n) is 15.0. The van der Waals surface area contributed by atoms with Gasteiger partial charge in [-0.3, -0.25) is 0 Å². The molecule has 8 nitrogen and oxygen atoms in total. The van der Waals surface area contributed by atoms with Crippen LogP contribution in [-0.4, -0.2) is 39.6 Å². The second-order valence-corrected chi connectivity index (χ2v) is 6.42. The summed E-state index contributed by atoms with van der Waals surface area (Å²) >= 11 is 0. The SMILES string of the molecule is COc1cc(C2C=C(C(=O)O)Nc3ncnn32)ccc1OCCC(C)C. The van der Waals surface area contributed by atoms with Crippen LogP contribution in [0.4, 0.5) is 5.95 Å². The number of fused-ring (bicyclic) bond motifs is 1. The van der Waals surface area contributed by atoms with Crippen LogP contribution in [0.3, 0.4) is 0 Å². The Labute approximate surface area is 151 Å². The summed E-state index contributed by atoms with van der Waals surface area (Å²) in [5.41, 5.74) is 0.886. The molecule has 1 aromatic heterocycles. The number of hydrogen-bond acceptors (Lipinski definition) is 6. The molecule has 1 atom stereocenters. The van der Waals surface area contributed by atoms with Crippen LogP contribution in [0.15, 0.2) is 36.3 Å². The summed E-state index contributed by atoms with van der Waals surface area (Å²) < 4.78 is 12.9. The van der Waals surface area contributed by atoms with Crippen molar-refractivity contribution < 1.29 is 19.4 Å². The van der Waals surface area contributed by atoms with Gasteiger partial charge in [-0.05, 0) is 36.1 Å². The Bertz CT molecular complexity index is 828. The highest BCUT2D eigenvalue weighted by Gasteiger charge is 2.26. The number of rotatable bonds is 7. The summed E-state index contributed by atoms with van der Waals surface area (Å²) in [6.07, 6.45) is 3.93. The van der Waals surface area contributed by atoms with Crippen molar-refractivity contribution in [1.29, 1.82) is 0 Å². The van der Waals surface area contributed by atoms with Crippen LogP contribution >= 0.6 is 0 Å². The van der Waals surface area contributed by atoms with Crippen molar-refractivity contribution in [2.75, 3.05) is 19.0 Å². The predicted octanol–water partition coefficient (Wildman–Crippen LogP) is 2.70. The van der Waals surface area contributed by atoms with Gasteiger partial charge in [0.25, 0.3) is 0 Å². The second kappa shape index (κ2) is 7.47. The van der Waals surface area contributed by atoms with Gasteiger partial charge < -0.3 is 19.9 Å². The second-order valence-electron chi connectivity index (χ2n) is 6.42. The number of carbonyl (C=O) groups is 1. The van der Waals surface area contributed by atoms with Gasteiger partial charge in [0.2, 0.25) is 5.95 Å². The number of aliphatic carboxylic acids is 1. The van der Waals surface area contributed by atoms with E-state index in [0.717, 1.165) is 12.0 Å². The number of nitrogens with zero attached hydrogens (tertiary/aromatic N) is 3. The standard InChI is InChI=1S/C18H22N4O4/c1-11(2)6-7-26-15-5-4-12(8-16(15)25-3)14-9-13(17(23)24)21-18-19-10-20-22(14)18/h4-5,8-11,14H,6-7H2,1-3H3,(H,23,24)(H,19,20,21). The molecule has 1 unspecified atom stereocenters. The van der Waals surface area contributed by atoms with Crippen LogP contribution < -0.4 is 14.8 Å². The number of anilines is 1. The minimum absolute atomic E-state index is 0.0618. The van der Waals surface area contributed by atoms with Crippen LogP contribution in [0.2, 0.25) is 0 Å². The molecule has 0 radical (unpaired) electrons. The molecule has 1 aliphatic rings. The van der Waals surface area contributed by atoms with Gasteiger partial charge in [-0.15, -0.1) is 0 Å². The minimum atomic E-state index is -1.05. The molecule has 3 rings (SSSR count). The molecule has 0 spiro atoms. The molecule has 2 N–H and O–H groups in total. The normalized spacial score (nSPS) is 15.8. The van der Waals surface area contributed by atoms with E-state index in [1.165, 1.54) is 6.33 Å². The van der Waals surface area contributed by atoms with E-state index in [4.69, 9.17) is 9.47 Å². The number of carboxylic acids is 1. The molecular weight excluding hydrogens is 336 g/mol. The van der Waals surface area contributed by atoms with Gasteiger partial charge in [-0.1, -0.05) is 19.9 Å². The first-order chi connectivity index (χ1) is 12.5. The van der Waals surface area contributed by atoms with E-state index < -0.39 is 12.0 Å². The van der Waals surface area contributed by atoms with E-state index >= 15 is 0 Å². The maximum Gasteiger partial charge on any atom is 0.352 e. The molecule has 26 heavy (non-hydrogen) atoms. The van der Waals surface area contributed by atoms with Crippen LogP contribution in [0.25, 0.3) is 0 Å². The molecule has 138 valence electrons. The number of aromatic nitrogens is 3. The summed E-state index contributed by atoms with van der Waals surface area (Å²) in [5, 5.41) is 16.3. The zero-order valence-corrected chi connectivity index (χ0v) is 15.0. The summed E-state index contributed by atoms with van der Waals surface area (Å²) in [7, 11) is 1.58. The zero-order chi connectivity index (χ0) is 18.7. The lowest BCUT2D eigenvalue weighted by atomic mass is 10.0. The third-order valence-electron chi connectivity index (χ3n) is 4.12. The molecule has 0 amide bonds. The first-order valence-electron chi connectivity index (χ1n) is 8.42. The smallest absolute Gasteiger partial charge is 0.352 e. The molecule has 8 heteroatoms. The van der Waals surface area contributed by atoms with E-state index in [0.29, 0.717) is 30.0 Å². The fourth-order valence-corrected chi connectivity index (χ4v) is 2.69. The summed E-state index contributed by atoms with van der Waals surface area (Å²) in [6.45, 7) is 4.89. The molecule has 0 bridgehead atoms. The van der Waals surface area contributed by atoms with E-state index in [-0.39, 0.29) is 5.70 Å². The first-order valence-corrected chi connectivity index (χ1v) is 8.42. The van der Waals surface area contributed by atoms with Crippen molar-refractivity contribution in [1.82, 2.24) is 14.8 Å². The molecule has 1 aliphatic heterocycles. The summed E-state index contributed by atoms with van der Waals surface area (Å²) in [6, 6.07) is 5.15. The van der Waals surface area contributed by atoms with Gasteiger partial charge in [0.1, 0.15) is 18.1 Å². The Balaban J connectivity index is 1.90. The van der Waals surface area contributed by atoms with Crippen molar-refractivity contribution in [3.05, 3.63) is 41.9 Å². The lowest BCUT2D eigenvalue weighted by molar-refractivity contribution is -0.132. The van der Waals surface area contributed by atoms with Gasteiger partial charge in [0, 0.05) is 0 Å². The van der Waals surface area contributed by atoms with Crippen molar-refractivity contribution in [3.8, 4) is 11.5 Å². The van der Waals surface area contributed by atoms with Gasteiger partial charge in [-0.2, -0.15) is 10.1 Å². The molecule has 0 saturated heterocycles. The fourth-order valence-electron chi connectivity index (χ4n) is 2.69. The molecule has 2 heterocycles. The maximum atomic E-state index is 11.4. The van der Waals surface area contributed by atoms with Crippen molar-refractivity contribution >= 4 is 11.9 Å². The highest BCUT2D eigenvalue weighted by atomic mass is 16.5. The number of methoxy groups -OCH3 is 1. The monoisotopic (exact) mass is 358 g/mol. The number of carboxylic acid groups (broad SMARTS) is 1. The Morgan fingerprint density at radius 2 is 2.19 bits per heavy atom. The van der Waals surface area contributed by atoms with Crippen LogP contribution in [0, 0.1) is 5.92 Å². The lowest BCUT2D eigenvalue weighted by Crippen LogP contribution is -2.24. The van der Waals surface area contributed by atoms with E-state index in [2.05, 4.69) is 29.2 Å². The largest absolute Gasteiger partial charge is 0.493 e. The average Bonchev–Trinajstić information content (AvgIpc) is 3.09. The van der Waals surface area contributed by atoms with E-state index in [1.807, 2.05) is 18.2 Å². The van der Waals surface area contributed by atoms with Crippen LogP contribution in [0.1, 0.15) is 31.9 Å². The third-order valence-corrected chi connectivity index (χ3v) is 4.12. The van der Waals surface area contributed by atoms with E-state index in [9.17, 15) is 9.90 Å². The van der Waals surface area contributed by atoms with Crippen molar-refractivity contribution in [3.63, 3.8) is 0 Å². The van der Waals surface area contributed by atoms with Gasteiger partial charge in [-0.25, -0.2) is 9.48 Å². The third kappa shape index (κ3) is 3.63. The number of benzene rings is 1. The highest BCUT2D eigenvalue weighted by molar-refractivity contribution is 5.90. The predicted molar refractivity (Wildman–Crippen MR) is 95.4 cm³/mol. The summed E-state index contributed by atoms with van der Waals surface area (Å²) in [4.78, 5) is 15.4. The lowest BCUT2D eigenvalue weighted by Gasteiger charge is -2.23. The first kappa shape index (κ1) is 17.8. The molecule has 0 aliphatic carbocycles. The van der Waals surface area contributed by atoms with Crippen molar-refractivity contribution in [2.45, 2.75) is 26.3 Å². The van der Waals surface area contributed by atoms with Gasteiger partial charge in [0.15, 0.2) is 11.5 Å².